The van der Waals surface area contributed by atoms with Crippen molar-refractivity contribution in [2.24, 2.45) is 0 Å². The second-order valence-electron chi connectivity index (χ2n) is 7.41. The summed E-state index contributed by atoms with van der Waals surface area (Å²) in [6.45, 7) is 0.717. The maximum absolute atomic E-state index is 13.0. The first-order valence-corrected chi connectivity index (χ1v) is 10.0. The molecule has 0 saturated carbocycles. The number of amides is 3. The number of nitrogens with zero attached hydrogens (tertiary/aromatic N) is 2. The molecule has 1 atom stereocenters. The molecule has 30 heavy (non-hydrogen) atoms. The average molecular weight is 408 g/mol. The fourth-order valence-corrected chi connectivity index (χ4v) is 4.28. The standard InChI is InChI=1S/C23H24N2O5/c1-29-15-9-10-18(20(14-15)30-2)19-8-5-12-24(19)21(26)11-13-25-22(27)16-6-3-4-7-17(16)23(25)28/h3-4,6-7,9-10,14,19H,5,8,11-13H2,1-2H3/t19-/m0/s1. The Labute approximate surface area is 175 Å². The first-order valence-electron chi connectivity index (χ1n) is 10.0. The molecule has 156 valence electrons. The van der Waals surface area contributed by atoms with Crippen LogP contribution in [0.4, 0.5) is 0 Å². The highest BCUT2D eigenvalue weighted by Crippen LogP contribution is 2.39. The van der Waals surface area contributed by atoms with Crippen molar-refractivity contribution < 1.29 is 23.9 Å². The summed E-state index contributed by atoms with van der Waals surface area (Å²) >= 11 is 0. The van der Waals surface area contributed by atoms with Crippen LogP contribution in [0.5, 0.6) is 11.5 Å². The van der Waals surface area contributed by atoms with Gasteiger partial charge in [0, 0.05) is 31.1 Å². The van der Waals surface area contributed by atoms with Crippen LogP contribution in [0.2, 0.25) is 0 Å². The molecule has 1 fully saturated rings. The zero-order valence-corrected chi connectivity index (χ0v) is 17.1. The van der Waals surface area contributed by atoms with Gasteiger partial charge in [-0.05, 0) is 37.1 Å². The summed E-state index contributed by atoms with van der Waals surface area (Å²) in [5, 5.41) is 0. The van der Waals surface area contributed by atoms with E-state index in [4.69, 9.17) is 9.47 Å². The number of methoxy groups -OCH3 is 2. The summed E-state index contributed by atoms with van der Waals surface area (Å²) in [5.74, 6) is 0.625. The van der Waals surface area contributed by atoms with E-state index in [0.29, 0.717) is 29.2 Å². The number of carbonyl (C=O) groups is 3. The van der Waals surface area contributed by atoms with Crippen LogP contribution in [0.15, 0.2) is 42.5 Å². The van der Waals surface area contributed by atoms with Crippen LogP contribution in [-0.4, -0.2) is 54.8 Å². The Morgan fingerprint density at radius 1 is 1.03 bits per heavy atom. The lowest BCUT2D eigenvalue weighted by Crippen LogP contribution is -2.36. The quantitative estimate of drug-likeness (QED) is 0.687. The zero-order chi connectivity index (χ0) is 21.3. The summed E-state index contributed by atoms with van der Waals surface area (Å²) in [7, 11) is 3.20. The molecule has 0 aliphatic carbocycles. The highest BCUT2D eigenvalue weighted by atomic mass is 16.5. The van der Waals surface area contributed by atoms with Crippen LogP contribution >= 0.6 is 0 Å². The Morgan fingerprint density at radius 2 is 1.73 bits per heavy atom. The van der Waals surface area contributed by atoms with Crippen LogP contribution in [0.25, 0.3) is 0 Å². The highest BCUT2D eigenvalue weighted by Gasteiger charge is 2.37. The fraction of sp³-hybridized carbons (Fsp3) is 0.348. The van der Waals surface area contributed by atoms with E-state index in [9.17, 15) is 14.4 Å². The molecule has 0 spiro atoms. The third-order valence-electron chi connectivity index (χ3n) is 5.80. The molecule has 2 aliphatic heterocycles. The first kappa shape index (κ1) is 19.9. The maximum Gasteiger partial charge on any atom is 0.261 e. The van der Waals surface area contributed by atoms with Crippen LogP contribution in [0.1, 0.15) is 51.6 Å². The minimum atomic E-state index is -0.335. The van der Waals surface area contributed by atoms with Gasteiger partial charge in [-0.1, -0.05) is 12.1 Å². The molecular formula is C23H24N2O5. The number of rotatable bonds is 6. The molecule has 2 heterocycles. The predicted octanol–water partition coefficient (Wildman–Crippen LogP) is 3.05. The van der Waals surface area contributed by atoms with E-state index >= 15 is 0 Å². The van der Waals surface area contributed by atoms with Gasteiger partial charge < -0.3 is 14.4 Å². The van der Waals surface area contributed by atoms with Gasteiger partial charge >= 0.3 is 0 Å². The van der Waals surface area contributed by atoms with Gasteiger partial charge in [0.15, 0.2) is 0 Å². The minimum absolute atomic E-state index is 0.0769. The van der Waals surface area contributed by atoms with Gasteiger partial charge in [-0.3, -0.25) is 19.3 Å². The summed E-state index contributed by atoms with van der Waals surface area (Å²) in [5.41, 5.74) is 1.74. The molecule has 2 aromatic rings. The van der Waals surface area contributed by atoms with Crippen LogP contribution in [-0.2, 0) is 4.79 Å². The van der Waals surface area contributed by atoms with Gasteiger partial charge in [0.2, 0.25) is 5.91 Å². The van der Waals surface area contributed by atoms with Crippen molar-refractivity contribution >= 4 is 17.7 Å². The Balaban J connectivity index is 1.46. The molecule has 0 radical (unpaired) electrons. The van der Waals surface area contributed by atoms with Crippen molar-refractivity contribution in [3.05, 3.63) is 59.2 Å². The number of carbonyl (C=O) groups excluding carboxylic acids is 3. The lowest BCUT2D eigenvalue weighted by molar-refractivity contribution is -0.132. The van der Waals surface area contributed by atoms with Gasteiger partial charge in [-0.2, -0.15) is 0 Å². The fourth-order valence-electron chi connectivity index (χ4n) is 4.28. The van der Waals surface area contributed by atoms with Crippen molar-refractivity contribution in [1.82, 2.24) is 9.80 Å². The van der Waals surface area contributed by atoms with Gasteiger partial charge in [0.1, 0.15) is 11.5 Å². The highest BCUT2D eigenvalue weighted by molar-refractivity contribution is 6.21. The van der Waals surface area contributed by atoms with Crippen molar-refractivity contribution in [3.63, 3.8) is 0 Å². The van der Waals surface area contributed by atoms with Crippen molar-refractivity contribution in [2.75, 3.05) is 27.3 Å². The number of benzene rings is 2. The van der Waals surface area contributed by atoms with Crippen molar-refractivity contribution in [2.45, 2.75) is 25.3 Å². The van der Waals surface area contributed by atoms with E-state index < -0.39 is 0 Å². The summed E-state index contributed by atoms with van der Waals surface area (Å²) in [6.07, 6.45) is 1.82. The first-order chi connectivity index (χ1) is 14.5. The molecular weight excluding hydrogens is 384 g/mol. The average Bonchev–Trinajstić information content (AvgIpc) is 3.36. The number of fused-ring (bicyclic) bond motifs is 1. The smallest absolute Gasteiger partial charge is 0.261 e. The zero-order valence-electron chi connectivity index (χ0n) is 17.1. The number of ether oxygens (including phenoxy) is 2. The van der Waals surface area contributed by atoms with Gasteiger partial charge in [0.25, 0.3) is 11.8 Å². The largest absolute Gasteiger partial charge is 0.497 e. The third-order valence-corrected chi connectivity index (χ3v) is 5.80. The van der Waals surface area contributed by atoms with Crippen LogP contribution in [0, 0.1) is 0 Å². The molecule has 1 saturated heterocycles. The summed E-state index contributed by atoms with van der Waals surface area (Å²) in [6, 6.07) is 12.3. The van der Waals surface area contributed by atoms with E-state index in [1.165, 1.54) is 4.90 Å². The molecule has 0 aromatic heterocycles. The number of imide groups is 1. The van der Waals surface area contributed by atoms with Gasteiger partial charge in [0.05, 0.1) is 31.4 Å². The minimum Gasteiger partial charge on any atom is -0.497 e. The second-order valence-corrected chi connectivity index (χ2v) is 7.41. The molecule has 3 amide bonds. The van der Waals surface area contributed by atoms with Crippen LogP contribution in [0.3, 0.4) is 0 Å². The van der Waals surface area contributed by atoms with E-state index in [1.54, 1.807) is 38.5 Å². The Morgan fingerprint density at radius 3 is 2.37 bits per heavy atom. The Bertz CT molecular complexity index is 968. The predicted molar refractivity (Wildman–Crippen MR) is 110 cm³/mol. The maximum atomic E-state index is 13.0. The molecule has 7 nitrogen and oxygen atoms in total. The van der Waals surface area contributed by atoms with E-state index in [2.05, 4.69) is 0 Å². The van der Waals surface area contributed by atoms with Crippen molar-refractivity contribution in [1.29, 1.82) is 0 Å². The third kappa shape index (κ3) is 3.40. The lowest BCUT2D eigenvalue weighted by atomic mass is 10.0. The van der Waals surface area contributed by atoms with E-state index in [1.807, 2.05) is 23.1 Å². The molecule has 7 heteroatoms. The van der Waals surface area contributed by atoms with Gasteiger partial charge in [-0.25, -0.2) is 0 Å². The lowest BCUT2D eigenvalue weighted by Gasteiger charge is -2.27. The molecule has 0 N–H and O–H groups in total. The monoisotopic (exact) mass is 408 g/mol. The topological polar surface area (TPSA) is 76.2 Å². The van der Waals surface area contributed by atoms with E-state index in [-0.39, 0.29) is 36.7 Å². The summed E-state index contributed by atoms with van der Waals surface area (Å²) in [4.78, 5) is 41.0. The number of hydrogen-bond acceptors (Lipinski definition) is 5. The molecule has 2 aliphatic rings. The molecule has 0 bridgehead atoms. The normalized spacial score (nSPS) is 18.0. The van der Waals surface area contributed by atoms with E-state index in [0.717, 1.165) is 18.4 Å². The number of hydrogen-bond donors (Lipinski definition) is 0. The van der Waals surface area contributed by atoms with Crippen LogP contribution < -0.4 is 9.47 Å². The molecule has 0 unspecified atom stereocenters. The van der Waals surface area contributed by atoms with Crippen molar-refractivity contribution in [3.8, 4) is 11.5 Å². The SMILES string of the molecule is COc1ccc([C@@H]2CCCN2C(=O)CCN2C(=O)c3ccccc3C2=O)c(OC)c1. The van der Waals surface area contributed by atoms with Gasteiger partial charge in [-0.15, -0.1) is 0 Å². The Hall–Kier alpha value is -3.35. The molecule has 2 aromatic carbocycles. The summed E-state index contributed by atoms with van der Waals surface area (Å²) < 4.78 is 10.8. The number of likely N-dealkylation sites (tertiary alicyclic amines) is 1. The second kappa shape index (κ2) is 8.18. The molecule has 4 rings (SSSR count). The Kier molecular flexibility index (Phi) is 5.44.